The molecule has 0 aromatic carbocycles. The minimum Gasteiger partial charge on any atom is -0.330 e. The first-order chi connectivity index (χ1) is 6.93. The molecule has 3 N–H and O–H groups in total. The lowest BCUT2D eigenvalue weighted by atomic mass is 9.90. The van der Waals surface area contributed by atoms with Gasteiger partial charge in [-0.2, -0.15) is 12.7 Å². The van der Waals surface area contributed by atoms with E-state index in [1.807, 2.05) is 13.8 Å². The molecule has 0 aromatic heterocycles. The van der Waals surface area contributed by atoms with Crippen molar-refractivity contribution in [1.29, 1.82) is 0 Å². The zero-order valence-corrected chi connectivity index (χ0v) is 11.5. The van der Waals surface area contributed by atoms with Gasteiger partial charge < -0.3 is 5.73 Å². The summed E-state index contributed by atoms with van der Waals surface area (Å²) in [6.07, 6.45) is 1.65. The van der Waals surface area contributed by atoms with Gasteiger partial charge in [-0.25, -0.2) is 4.72 Å². The molecule has 16 heavy (non-hydrogen) atoms. The van der Waals surface area contributed by atoms with Gasteiger partial charge in [0.1, 0.15) is 0 Å². The van der Waals surface area contributed by atoms with E-state index in [0.717, 1.165) is 12.8 Å². The molecule has 0 amide bonds. The van der Waals surface area contributed by atoms with Gasteiger partial charge in [0, 0.05) is 19.6 Å². The molecule has 7 heteroatoms. The summed E-state index contributed by atoms with van der Waals surface area (Å²) >= 11 is 0. The highest BCUT2D eigenvalue weighted by Gasteiger charge is 2.37. The Hall–Kier alpha value is 0.120. The first kappa shape index (κ1) is 16.1. The number of nitrogens with one attached hydrogen (secondary N) is 1. The van der Waals surface area contributed by atoms with Crippen LogP contribution in [0.15, 0.2) is 0 Å². The molecule has 98 valence electrons. The second-order valence-corrected chi connectivity index (χ2v) is 6.25. The second-order valence-electron chi connectivity index (χ2n) is 4.50. The maximum atomic E-state index is 11.8. The van der Waals surface area contributed by atoms with Gasteiger partial charge in [-0.3, -0.25) is 0 Å². The van der Waals surface area contributed by atoms with Crippen LogP contribution in [0, 0.1) is 5.41 Å². The lowest BCUT2D eigenvalue weighted by molar-refractivity contribution is 0.348. The molecular formula is C9H22ClN3O2S. The minimum absolute atomic E-state index is 0. The third-order valence-electron chi connectivity index (χ3n) is 2.89. The fraction of sp³-hybridized carbons (Fsp3) is 1.00. The summed E-state index contributed by atoms with van der Waals surface area (Å²) in [5, 5.41) is 0. The van der Waals surface area contributed by atoms with E-state index in [1.54, 1.807) is 0 Å². The van der Waals surface area contributed by atoms with Crippen LogP contribution >= 0.6 is 12.4 Å². The average Bonchev–Trinajstić information content (AvgIpc) is 2.60. The number of nitrogens with two attached hydrogens (primary N) is 1. The molecule has 1 aliphatic heterocycles. The van der Waals surface area contributed by atoms with Gasteiger partial charge in [0.25, 0.3) is 10.2 Å². The van der Waals surface area contributed by atoms with Crippen molar-refractivity contribution < 1.29 is 8.42 Å². The molecule has 1 aliphatic rings. The molecule has 1 heterocycles. The maximum absolute atomic E-state index is 11.8. The molecule has 1 fully saturated rings. The van der Waals surface area contributed by atoms with Gasteiger partial charge >= 0.3 is 0 Å². The van der Waals surface area contributed by atoms with Crippen molar-refractivity contribution >= 4 is 22.6 Å². The average molecular weight is 272 g/mol. The molecular weight excluding hydrogens is 250 g/mol. The van der Waals surface area contributed by atoms with E-state index in [0.29, 0.717) is 26.2 Å². The fourth-order valence-corrected chi connectivity index (χ4v) is 3.13. The monoisotopic (exact) mass is 271 g/mol. The molecule has 1 rings (SSSR count). The van der Waals surface area contributed by atoms with Gasteiger partial charge in [0.2, 0.25) is 0 Å². The highest BCUT2D eigenvalue weighted by Crippen LogP contribution is 2.29. The van der Waals surface area contributed by atoms with Crippen LogP contribution in [0.4, 0.5) is 0 Å². The Labute approximate surface area is 104 Å². The van der Waals surface area contributed by atoms with Gasteiger partial charge in [0.05, 0.1) is 0 Å². The van der Waals surface area contributed by atoms with Crippen LogP contribution in [0.5, 0.6) is 0 Å². The topological polar surface area (TPSA) is 75.4 Å². The number of nitrogens with zero attached hydrogens (tertiary/aromatic N) is 1. The molecule has 0 aromatic rings. The summed E-state index contributed by atoms with van der Waals surface area (Å²) in [6, 6.07) is 0. The predicted octanol–water partition coefficient (Wildman–Crippen LogP) is 0.323. The van der Waals surface area contributed by atoms with Gasteiger partial charge in [0.15, 0.2) is 0 Å². The van der Waals surface area contributed by atoms with E-state index in [4.69, 9.17) is 5.73 Å². The van der Waals surface area contributed by atoms with Gasteiger partial charge in [-0.1, -0.05) is 13.8 Å². The highest BCUT2D eigenvalue weighted by atomic mass is 35.5. The lowest BCUT2D eigenvalue weighted by Gasteiger charge is -2.22. The van der Waals surface area contributed by atoms with Crippen molar-refractivity contribution in [3.05, 3.63) is 0 Å². The van der Waals surface area contributed by atoms with E-state index in [2.05, 4.69) is 4.72 Å². The van der Waals surface area contributed by atoms with E-state index < -0.39 is 10.2 Å². The number of hydrogen-bond donors (Lipinski definition) is 2. The minimum atomic E-state index is -3.28. The SMILES string of the molecule is CCCNS(=O)(=O)N1CCC(C)(CN)C1.Cl. The maximum Gasteiger partial charge on any atom is 0.279 e. The second kappa shape index (κ2) is 6.16. The third-order valence-corrected chi connectivity index (χ3v) is 4.45. The molecule has 0 radical (unpaired) electrons. The van der Waals surface area contributed by atoms with Crippen LogP contribution < -0.4 is 10.5 Å². The Morgan fingerprint density at radius 3 is 2.56 bits per heavy atom. The largest absolute Gasteiger partial charge is 0.330 e. The first-order valence-electron chi connectivity index (χ1n) is 5.38. The molecule has 1 atom stereocenters. The van der Waals surface area contributed by atoms with E-state index in [1.165, 1.54) is 4.31 Å². The Kier molecular flexibility index (Phi) is 6.21. The first-order valence-corrected chi connectivity index (χ1v) is 6.82. The molecule has 0 bridgehead atoms. The van der Waals surface area contributed by atoms with E-state index >= 15 is 0 Å². The van der Waals surface area contributed by atoms with Crippen LogP contribution in [-0.4, -0.2) is 38.9 Å². The number of hydrogen-bond acceptors (Lipinski definition) is 3. The van der Waals surface area contributed by atoms with Crippen LogP contribution in [0.3, 0.4) is 0 Å². The van der Waals surface area contributed by atoms with Crippen LogP contribution in [0.25, 0.3) is 0 Å². The Balaban J connectivity index is 0.00000225. The third kappa shape index (κ3) is 3.85. The summed E-state index contributed by atoms with van der Waals surface area (Å²) in [4.78, 5) is 0. The van der Waals surface area contributed by atoms with Crippen molar-refractivity contribution in [3.63, 3.8) is 0 Å². The van der Waals surface area contributed by atoms with Crippen molar-refractivity contribution in [1.82, 2.24) is 9.03 Å². The Morgan fingerprint density at radius 2 is 2.12 bits per heavy atom. The molecule has 0 aliphatic carbocycles. The standard InChI is InChI=1S/C9H21N3O2S.ClH/c1-3-5-11-15(13,14)12-6-4-9(2,7-10)8-12;/h11H,3-8,10H2,1-2H3;1H. The zero-order valence-electron chi connectivity index (χ0n) is 9.90. The normalized spacial score (nSPS) is 26.7. The molecule has 0 saturated carbocycles. The molecule has 1 unspecified atom stereocenters. The van der Waals surface area contributed by atoms with Crippen molar-refractivity contribution in [3.8, 4) is 0 Å². The highest BCUT2D eigenvalue weighted by molar-refractivity contribution is 7.87. The van der Waals surface area contributed by atoms with Gasteiger partial charge in [-0.05, 0) is 24.8 Å². The molecule has 0 spiro atoms. The fourth-order valence-electron chi connectivity index (χ4n) is 1.67. The van der Waals surface area contributed by atoms with E-state index in [9.17, 15) is 8.42 Å². The van der Waals surface area contributed by atoms with Crippen molar-refractivity contribution in [2.45, 2.75) is 26.7 Å². The van der Waals surface area contributed by atoms with Crippen LogP contribution in [0.2, 0.25) is 0 Å². The number of rotatable bonds is 5. The summed E-state index contributed by atoms with van der Waals surface area (Å²) in [6.45, 7) is 6.11. The number of halogens is 1. The molecule has 1 saturated heterocycles. The Bertz CT molecular complexity index is 310. The quantitative estimate of drug-likeness (QED) is 0.756. The Morgan fingerprint density at radius 1 is 1.50 bits per heavy atom. The summed E-state index contributed by atoms with van der Waals surface area (Å²) in [5.41, 5.74) is 5.58. The molecule has 5 nitrogen and oxygen atoms in total. The van der Waals surface area contributed by atoms with Crippen LogP contribution in [-0.2, 0) is 10.2 Å². The summed E-state index contributed by atoms with van der Waals surface area (Å²) in [5.74, 6) is 0. The van der Waals surface area contributed by atoms with Crippen LogP contribution in [0.1, 0.15) is 26.7 Å². The van der Waals surface area contributed by atoms with Crippen molar-refractivity contribution in [2.75, 3.05) is 26.2 Å². The summed E-state index contributed by atoms with van der Waals surface area (Å²) in [7, 11) is -3.28. The predicted molar refractivity (Wildman–Crippen MR) is 67.8 cm³/mol. The van der Waals surface area contributed by atoms with Gasteiger partial charge in [-0.15, -0.1) is 12.4 Å². The smallest absolute Gasteiger partial charge is 0.279 e. The van der Waals surface area contributed by atoms with E-state index in [-0.39, 0.29) is 17.8 Å². The summed E-state index contributed by atoms with van der Waals surface area (Å²) < 4.78 is 27.6. The van der Waals surface area contributed by atoms with Crippen molar-refractivity contribution in [2.24, 2.45) is 11.1 Å². The zero-order chi connectivity index (χ0) is 11.5. The lowest BCUT2D eigenvalue weighted by Crippen LogP contribution is -2.41.